The standard InChI is InChI=1S/C19H26FN5O/c1-14-10-18(21)25(22-14)13-19(26)23(2)16-7-5-9-24(12-16)11-15-6-3-4-8-17(15)20/h3-4,6,8,10,16H,5,7,9,11-13,21H2,1-2H3/t16-/m0/s1. The van der Waals surface area contributed by atoms with Gasteiger partial charge in [-0.3, -0.25) is 9.69 Å². The van der Waals surface area contributed by atoms with Crippen molar-refractivity contribution in [3.05, 3.63) is 47.4 Å². The molecular weight excluding hydrogens is 333 g/mol. The molecule has 2 N–H and O–H groups in total. The van der Waals surface area contributed by atoms with Crippen LogP contribution in [-0.2, 0) is 17.9 Å². The van der Waals surface area contributed by atoms with E-state index < -0.39 is 0 Å². The van der Waals surface area contributed by atoms with Crippen LogP contribution in [0, 0.1) is 12.7 Å². The number of carbonyl (C=O) groups is 1. The quantitative estimate of drug-likeness (QED) is 0.887. The van der Waals surface area contributed by atoms with Crippen molar-refractivity contribution in [2.24, 2.45) is 0 Å². The van der Waals surface area contributed by atoms with Gasteiger partial charge in [0, 0.05) is 37.8 Å². The zero-order valence-electron chi connectivity index (χ0n) is 15.4. The SMILES string of the molecule is Cc1cc(N)n(CC(=O)N(C)[C@H]2CCCN(Cc3ccccc3F)C2)n1. The fraction of sp³-hybridized carbons (Fsp3) is 0.474. The molecular formula is C19H26FN5O. The Bertz CT molecular complexity index is 775. The number of nitrogens with two attached hydrogens (primary N) is 1. The Hall–Kier alpha value is -2.41. The van der Waals surface area contributed by atoms with E-state index in [-0.39, 0.29) is 24.3 Å². The van der Waals surface area contributed by atoms with Gasteiger partial charge in [-0.15, -0.1) is 0 Å². The van der Waals surface area contributed by atoms with Crippen molar-refractivity contribution >= 4 is 11.7 Å². The number of hydrogen-bond donors (Lipinski definition) is 1. The molecule has 140 valence electrons. The van der Waals surface area contributed by atoms with Crippen LogP contribution < -0.4 is 5.73 Å². The van der Waals surface area contributed by atoms with E-state index >= 15 is 0 Å². The molecule has 3 rings (SSSR count). The lowest BCUT2D eigenvalue weighted by Gasteiger charge is -2.37. The maximum absolute atomic E-state index is 13.9. The Balaban J connectivity index is 1.60. The summed E-state index contributed by atoms with van der Waals surface area (Å²) >= 11 is 0. The van der Waals surface area contributed by atoms with Crippen LogP contribution in [0.2, 0.25) is 0 Å². The molecule has 0 aliphatic carbocycles. The summed E-state index contributed by atoms with van der Waals surface area (Å²) in [4.78, 5) is 16.6. The predicted octanol–water partition coefficient (Wildman–Crippen LogP) is 2.04. The number of nitrogens with zero attached hydrogens (tertiary/aromatic N) is 4. The second kappa shape index (κ2) is 7.86. The minimum atomic E-state index is -0.177. The van der Waals surface area contributed by atoms with E-state index in [4.69, 9.17) is 5.73 Å². The van der Waals surface area contributed by atoms with Gasteiger partial charge in [-0.2, -0.15) is 5.10 Å². The lowest BCUT2D eigenvalue weighted by atomic mass is 10.0. The van der Waals surface area contributed by atoms with Gasteiger partial charge in [0.25, 0.3) is 0 Å². The number of piperidine rings is 1. The van der Waals surface area contributed by atoms with Crippen LogP contribution in [-0.4, -0.2) is 51.7 Å². The van der Waals surface area contributed by atoms with Gasteiger partial charge >= 0.3 is 0 Å². The van der Waals surface area contributed by atoms with Crippen molar-refractivity contribution in [1.29, 1.82) is 0 Å². The normalized spacial score (nSPS) is 18.0. The van der Waals surface area contributed by atoms with Crippen molar-refractivity contribution in [2.75, 3.05) is 25.9 Å². The molecule has 0 bridgehead atoms. The lowest BCUT2D eigenvalue weighted by molar-refractivity contribution is -0.133. The first-order chi connectivity index (χ1) is 12.4. The van der Waals surface area contributed by atoms with Gasteiger partial charge in [0.15, 0.2) is 0 Å². The number of anilines is 1. The van der Waals surface area contributed by atoms with E-state index in [1.807, 2.05) is 26.1 Å². The zero-order chi connectivity index (χ0) is 18.7. The number of amides is 1. The van der Waals surface area contributed by atoms with E-state index in [1.54, 1.807) is 17.0 Å². The minimum Gasteiger partial charge on any atom is -0.384 e. The van der Waals surface area contributed by atoms with Gasteiger partial charge in [-0.25, -0.2) is 9.07 Å². The summed E-state index contributed by atoms with van der Waals surface area (Å²) in [7, 11) is 1.83. The van der Waals surface area contributed by atoms with Crippen LogP contribution in [0.5, 0.6) is 0 Å². The fourth-order valence-electron chi connectivity index (χ4n) is 3.49. The van der Waals surface area contributed by atoms with E-state index in [0.29, 0.717) is 17.9 Å². The van der Waals surface area contributed by atoms with Gasteiger partial charge in [0.2, 0.25) is 5.91 Å². The predicted molar refractivity (Wildman–Crippen MR) is 98.8 cm³/mol. The molecule has 0 spiro atoms. The first-order valence-corrected chi connectivity index (χ1v) is 8.95. The topological polar surface area (TPSA) is 67.4 Å². The number of likely N-dealkylation sites (tertiary alicyclic amines) is 1. The number of carbonyl (C=O) groups excluding carboxylic acids is 1. The molecule has 1 aromatic heterocycles. The van der Waals surface area contributed by atoms with E-state index in [0.717, 1.165) is 31.6 Å². The Morgan fingerprint density at radius 3 is 2.88 bits per heavy atom. The monoisotopic (exact) mass is 359 g/mol. The average Bonchev–Trinajstić information content (AvgIpc) is 2.93. The summed E-state index contributed by atoms with van der Waals surface area (Å²) in [5.41, 5.74) is 7.37. The Kier molecular flexibility index (Phi) is 5.56. The molecule has 6 nitrogen and oxygen atoms in total. The van der Waals surface area contributed by atoms with Crippen LogP contribution in [0.4, 0.5) is 10.2 Å². The van der Waals surface area contributed by atoms with Crippen molar-refractivity contribution in [1.82, 2.24) is 19.6 Å². The van der Waals surface area contributed by atoms with Crippen molar-refractivity contribution < 1.29 is 9.18 Å². The van der Waals surface area contributed by atoms with Crippen LogP contribution in [0.1, 0.15) is 24.1 Å². The zero-order valence-corrected chi connectivity index (χ0v) is 15.4. The fourth-order valence-corrected chi connectivity index (χ4v) is 3.49. The van der Waals surface area contributed by atoms with Gasteiger partial charge < -0.3 is 10.6 Å². The molecule has 1 aliphatic heterocycles. The molecule has 1 atom stereocenters. The molecule has 0 saturated carbocycles. The molecule has 1 amide bonds. The molecule has 26 heavy (non-hydrogen) atoms. The number of aromatic nitrogens is 2. The molecule has 2 aromatic rings. The summed E-state index contributed by atoms with van der Waals surface area (Å²) in [6, 6.07) is 8.73. The summed E-state index contributed by atoms with van der Waals surface area (Å²) in [6.07, 6.45) is 1.93. The molecule has 1 fully saturated rings. The summed E-state index contributed by atoms with van der Waals surface area (Å²) < 4.78 is 15.4. The Labute approximate surface area is 153 Å². The highest BCUT2D eigenvalue weighted by atomic mass is 19.1. The lowest BCUT2D eigenvalue weighted by Crippen LogP contribution is -2.49. The first kappa shape index (κ1) is 18.4. The highest BCUT2D eigenvalue weighted by Gasteiger charge is 2.27. The highest BCUT2D eigenvalue weighted by molar-refractivity contribution is 5.76. The smallest absolute Gasteiger partial charge is 0.244 e. The van der Waals surface area contributed by atoms with Gasteiger partial charge in [-0.1, -0.05) is 18.2 Å². The van der Waals surface area contributed by atoms with Gasteiger partial charge in [0.1, 0.15) is 18.2 Å². The number of benzene rings is 1. The molecule has 0 unspecified atom stereocenters. The minimum absolute atomic E-state index is 0.0162. The maximum atomic E-state index is 13.9. The number of halogens is 1. The number of likely N-dealkylation sites (N-methyl/N-ethyl adjacent to an activating group) is 1. The summed E-state index contributed by atoms with van der Waals surface area (Å²) in [5, 5.41) is 4.25. The molecule has 1 saturated heterocycles. The Morgan fingerprint density at radius 2 is 2.19 bits per heavy atom. The third-order valence-electron chi connectivity index (χ3n) is 4.99. The highest BCUT2D eigenvalue weighted by Crippen LogP contribution is 2.19. The molecule has 0 radical (unpaired) electrons. The second-order valence-corrected chi connectivity index (χ2v) is 7.00. The van der Waals surface area contributed by atoms with Crippen LogP contribution in [0.15, 0.2) is 30.3 Å². The van der Waals surface area contributed by atoms with Crippen LogP contribution >= 0.6 is 0 Å². The van der Waals surface area contributed by atoms with E-state index in [9.17, 15) is 9.18 Å². The second-order valence-electron chi connectivity index (χ2n) is 7.00. The summed E-state index contributed by atoms with van der Waals surface area (Å²) in [5.74, 6) is 0.301. The Morgan fingerprint density at radius 1 is 1.42 bits per heavy atom. The molecule has 1 aromatic carbocycles. The number of aryl methyl sites for hydroxylation is 1. The number of rotatable bonds is 5. The number of hydrogen-bond acceptors (Lipinski definition) is 4. The first-order valence-electron chi connectivity index (χ1n) is 8.95. The van der Waals surface area contributed by atoms with Crippen molar-refractivity contribution in [2.45, 2.75) is 38.9 Å². The largest absolute Gasteiger partial charge is 0.384 e. The maximum Gasteiger partial charge on any atom is 0.244 e. The van der Waals surface area contributed by atoms with Crippen molar-refractivity contribution in [3.8, 4) is 0 Å². The van der Waals surface area contributed by atoms with Crippen LogP contribution in [0.3, 0.4) is 0 Å². The van der Waals surface area contributed by atoms with Crippen LogP contribution in [0.25, 0.3) is 0 Å². The average molecular weight is 359 g/mol. The molecule has 2 heterocycles. The van der Waals surface area contributed by atoms with E-state index in [1.165, 1.54) is 10.7 Å². The van der Waals surface area contributed by atoms with Gasteiger partial charge in [0.05, 0.1) is 5.69 Å². The third-order valence-corrected chi connectivity index (χ3v) is 4.99. The van der Waals surface area contributed by atoms with Gasteiger partial charge in [-0.05, 0) is 32.4 Å². The third kappa shape index (κ3) is 4.22. The summed E-state index contributed by atoms with van der Waals surface area (Å²) in [6.45, 7) is 4.21. The molecule has 7 heteroatoms. The van der Waals surface area contributed by atoms with Crippen molar-refractivity contribution in [3.63, 3.8) is 0 Å². The van der Waals surface area contributed by atoms with E-state index in [2.05, 4.69) is 10.00 Å². The number of nitrogen functional groups attached to an aromatic ring is 1. The molecule has 1 aliphatic rings.